The summed E-state index contributed by atoms with van der Waals surface area (Å²) in [7, 11) is 0. The van der Waals surface area contributed by atoms with Gasteiger partial charge in [0, 0.05) is 22.5 Å². The summed E-state index contributed by atoms with van der Waals surface area (Å²) < 4.78 is 11.1. The van der Waals surface area contributed by atoms with Crippen LogP contribution in [0.5, 0.6) is 11.5 Å². The molecular weight excluding hydrogens is 380 g/mol. The molecule has 28 heavy (non-hydrogen) atoms. The minimum atomic E-state index is -0.358. The second kappa shape index (κ2) is 7.74. The fraction of sp³-hybridized carbons (Fsp3) is 0.150. The summed E-state index contributed by atoms with van der Waals surface area (Å²) >= 11 is 6.08. The number of carbonyl (C=O) groups excluding carboxylic acids is 1. The lowest BCUT2D eigenvalue weighted by Crippen LogP contribution is -2.16. The van der Waals surface area contributed by atoms with Crippen molar-refractivity contribution in [2.75, 3.05) is 23.8 Å². The topological polar surface area (TPSA) is 85.4 Å². The van der Waals surface area contributed by atoms with Gasteiger partial charge in [0.1, 0.15) is 13.2 Å². The lowest BCUT2D eigenvalue weighted by atomic mass is 10.2. The smallest absolute Gasteiger partial charge is 0.276 e. The maximum atomic E-state index is 12.4. The maximum absolute atomic E-state index is 12.4. The number of fused-ring (bicyclic) bond motifs is 1. The standard InChI is InChI=1S/C20H17ClN4O3/c1-12-14(21)3-2-4-15(12)23-20(26)16-6-8-19(25-24-16)22-13-5-7-17-18(11-13)28-10-9-27-17/h2-8,11H,9-10H2,1H3,(H,22,25)(H,23,26). The van der Waals surface area contributed by atoms with E-state index in [1.54, 1.807) is 30.3 Å². The van der Waals surface area contributed by atoms with Crippen molar-refractivity contribution in [1.82, 2.24) is 10.2 Å². The number of rotatable bonds is 4. The van der Waals surface area contributed by atoms with E-state index >= 15 is 0 Å². The summed E-state index contributed by atoms with van der Waals surface area (Å²) in [5.41, 5.74) is 2.41. The van der Waals surface area contributed by atoms with Crippen LogP contribution in [-0.2, 0) is 0 Å². The summed E-state index contributed by atoms with van der Waals surface area (Å²) in [6, 6.07) is 14.1. The molecule has 0 bridgehead atoms. The molecule has 2 aromatic carbocycles. The molecule has 3 aromatic rings. The fourth-order valence-electron chi connectivity index (χ4n) is 2.72. The van der Waals surface area contributed by atoms with E-state index in [-0.39, 0.29) is 11.6 Å². The molecule has 0 spiro atoms. The number of nitrogens with one attached hydrogen (secondary N) is 2. The van der Waals surface area contributed by atoms with Crippen LogP contribution in [0.25, 0.3) is 0 Å². The van der Waals surface area contributed by atoms with Gasteiger partial charge >= 0.3 is 0 Å². The Hall–Kier alpha value is -3.32. The lowest BCUT2D eigenvalue weighted by Gasteiger charge is -2.19. The highest BCUT2D eigenvalue weighted by molar-refractivity contribution is 6.31. The fourth-order valence-corrected chi connectivity index (χ4v) is 2.89. The van der Waals surface area contributed by atoms with Crippen molar-refractivity contribution in [3.63, 3.8) is 0 Å². The van der Waals surface area contributed by atoms with Crippen molar-refractivity contribution in [2.24, 2.45) is 0 Å². The van der Waals surface area contributed by atoms with Gasteiger partial charge in [0.05, 0.1) is 0 Å². The second-order valence-electron chi connectivity index (χ2n) is 6.15. The van der Waals surface area contributed by atoms with E-state index in [9.17, 15) is 4.79 Å². The van der Waals surface area contributed by atoms with Crippen LogP contribution in [0.1, 0.15) is 16.1 Å². The number of amides is 1. The number of hydrogen-bond acceptors (Lipinski definition) is 6. The first-order valence-corrected chi connectivity index (χ1v) is 9.05. The van der Waals surface area contributed by atoms with Gasteiger partial charge in [-0.3, -0.25) is 4.79 Å². The summed E-state index contributed by atoms with van der Waals surface area (Å²) in [5.74, 6) is 1.54. The van der Waals surface area contributed by atoms with E-state index in [0.717, 1.165) is 11.3 Å². The van der Waals surface area contributed by atoms with E-state index in [4.69, 9.17) is 21.1 Å². The van der Waals surface area contributed by atoms with Crippen molar-refractivity contribution >= 4 is 34.7 Å². The number of anilines is 3. The normalized spacial score (nSPS) is 12.4. The third-order valence-corrected chi connectivity index (χ3v) is 4.64. The number of aromatic nitrogens is 2. The van der Waals surface area contributed by atoms with Crippen LogP contribution in [0.15, 0.2) is 48.5 Å². The summed E-state index contributed by atoms with van der Waals surface area (Å²) in [6.45, 7) is 2.90. The van der Waals surface area contributed by atoms with Gasteiger partial charge in [-0.1, -0.05) is 17.7 Å². The van der Waals surface area contributed by atoms with Gasteiger partial charge in [-0.25, -0.2) is 0 Å². The number of halogens is 1. The third kappa shape index (κ3) is 3.84. The van der Waals surface area contributed by atoms with Crippen LogP contribution >= 0.6 is 11.6 Å². The van der Waals surface area contributed by atoms with Gasteiger partial charge in [-0.15, -0.1) is 10.2 Å². The van der Waals surface area contributed by atoms with E-state index < -0.39 is 0 Å². The highest BCUT2D eigenvalue weighted by Gasteiger charge is 2.13. The molecule has 142 valence electrons. The molecular formula is C20H17ClN4O3. The van der Waals surface area contributed by atoms with Crippen molar-refractivity contribution < 1.29 is 14.3 Å². The quantitative estimate of drug-likeness (QED) is 0.687. The number of hydrogen-bond donors (Lipinski definition) is 2. The molecule has 0 unspecified atom stereocenters. The van der Waals surface area contributed by atoms with Crippen LogP contribution in [0, 0.1) is 6.92 Å². The van der Waals surface area contributed by atoms with Crippen LogP contribution < -0.4 is 20.1 Å². The highest BCUT2D eigenvalue weighted by Crippen LogP contribution is 2.33. The number of nitrogens with zero attached hydrogens (tertiary/aromatic N) is 2. The molecule has 2 N–H and O–H groups in total. The molecule has 0 fully saturated rings. The van der Waals surface area contributed by atoms with Crippen LogP contribution in [0.3, 0.4) is 0 Å². The molecule has 7 nitrogen and oxygen atoms in total. The molecule has 0 aliphatic carbocycles. The van der Waals surface area contributed by atoms with Gasteiger partial charge < -0.3 is 20.1 Å². The average Bonchev–Trinajstić information content (AvgIpc) is 2.72. The molecule has 0 saturated heterocycles. The zero-order valence-electron chi connectivity index (χ0n) is 15.0. The Labute approximate surface area is 166 Å². The molecule has 0 atom stereocenters. The first kappa shape index (κ1) is 18.1. The highest BCUT2D eigenvalue weighted by atomic mass is 35.5. The first-order chi connectivity index (χ1) is 13.6. The SMILES string of the molecule is Cc1c(Cl)cccc1NC(=O)c1ccc(Nc2ccc3c(c2)OCCO3)nn1. The number of ether oxygens (including phenoxy) is 2. The van der Waals surface area contributed by atoms with Crippen molar-refractivity contribution in [3.8, 4) is 11.5 Å². The molecule has 2 heterocycles. The van der Waals surface area contributed by atoms with E-state index in [2.05, 4.69) is 20.8 Å². The molecule has 1 aromatic heterocycles. The first-order valence-electron chi connectivity index (χ1n) is 8.67. The zero-order chi connectivity index (χ0) is 19.5. The zero-order valence-corrected chi connectivity index (χ0v) is 15.8. The predicted molar refractivity (Wildman–Crippen MR) is 107 cm³/mol. The monoisotopic (exact) mass is 396 g/mol. The van der Waals surface area contributed by atoms with Gasteiger partial charge in [0.15, 0.2) is 23.0 Å². The Kier molecular flexibility index (Phi) is 4.99. The average molecular weight is 397 g/mol. The molecule has 1 amide bonds. The second-order valence-corrected chi connectivity index (χ2v) is 6.56. The summed E-state index contributed by atoms with van der Waals surface area (Å²) in [4.78, 5) is 12.4. The number of carbonyl (C=O) groups is 1. The maximum Gasteiger partial charge on any atom is 0.276 e. The van der Waals surface area contributed by atoms with Crippen molar-refractivity contribution in [1.29, 1.82) is 0 Å². The van der Waals surface area contributed by atoms with E-state index in [1.165, 1.54) is 0 Å². The Balaban J connectivity index is 1.45. The summed E-state index contributed by atoms with van der Waals surface area (Å²) in [5, 5.41) is 14.6. The van der Waals surface area contributed by atoms with Gasteiger partial charge in [-0.2, -0.15) is 0 Å². The minimum absolute atomic E-state index is 0.201. The molecule has 8 heteroatoms. The molecule has 0 saturated carbocycles. The molecule has 1 aliphatic rings. The van der Waals surface area contributed by atoms with Gasteiger partial charge in [-0.05, 0) is 48.9 Å². The number of benzene rings is 2. The Morgan fingerprint density at radius 2 is 1.86 bits per heavy atom. The van der Waals surface area contributed by atoms with E-state index in [0.29, 0.717) is 41.2 Å². The Bertz CT molecular complexity index is 1020. The summed E-state index contributed by atoms with van der Waals surface area (Å²) in [6.07, 6.45) is 0. The molecule has 1 aliphatic heterocycles. The van der Waals surface area contributed by atoms with Crippen LogP contribution in [0.2, 0.25) is 5.02 Å². The Morgan fingerprint density at radius 1 is 1.04 bits per heavy atom. The van der Waals surface area contributed by atoms with Gasteiger partial charge in [0.2, 0.25) is 0 Å². The third-order valence-electron chi connectivity index (χ3n) is 4.23. The van der Waals surface area contributed by atoms with Crippen molar-refractivity contribution in [2.45, 2.75) is 6.92 Å². The largest absolute Gasteiger partial charge is 0.486 e. The van der Waals surface area contributed by atoms with Crippen molar-refractivity contribution in [3.05, 3.63) is 64.8 Å². The molecule has 4 rings (SSSR count). The molecule has 0 radical (unpaired) electrons. The van der Waals surface area contributed by atoms with E-state index in [1.807, 2.05) is 25.1 Å². The Morgan fingerprint density at radius 3 is 2.64 bits per heavy atom. The van der Waals surface area contributed by atoms with Crippen LogP contribution in [-0.4, -0.2) is 29.3 Å². The predicted octanol–water partition coefficient (Wildman–Crippen LogP) is 4.21. The minimum Gasteiger partial charge on any atom is -0.486 e. The lowest BCUT2D eigenvalue weighted by molar-refractivity contribution is 0.102. The van der Waals surface area contributed by atoms with Crippen LogP contribution in [0.4, 0.5) is 17.2 Å². The van der Waals surface area contributed by atoms with Gasteiger partial charge in [0.25, 0.3) is 5.91 Å².